The molecule has 3 heterocycles. The maximum absolute atomic E-state index is 5.93. The third-order valence-electron chi connectivity index (χ3n) is 5.65. The highest BCUT2D eigenvalue weighted by Gasteiger charge is 2.16. The molecule has 168 valence electrons. The number of aryl methyl sites for hydroxylation is 1. The Morgan fingerprint density at radius 2 is 1.91 bits per heavy atom. The SMILES string of the molecule is Cc1cccc(C(C)NNc2cc(N3CCCCC3)nc(OCCc3ccccn3)n2)c1. The number of pyridine rings is 1. The third kappa shape index (κ3) is 6.17. The Morgan fingerprint density at radius 1 is 1.03 bits per heavy atom. The van der Waals surface area contributed by atoms with Gasteiger partial charge in [-0.1, -0.05) is 35.9 Å². The largest absolute Gasteiger partial charge is 0.463 e. The number of hydrogen-bond acceptors (Lipinski definition) is 7. The summed E-state index contributed by atoms with van der Waals surface area (Å²) in [4.78, 5) is 15.9. The van der Waals surface area contributed by atoms with Crippen LogP contribution in [0.25, 0.3) is 0 Å². The molecule has 2 N–H and O–H groups in total. The Labute approximate surface area is 190 Å². The molecule has 1 aromatic carbocycles. The van der Waals surface area contributed by atoms with Gasteiger partial charge in [0.25, 0.3) is 0 Å². The highest BCUT2D eigenvalue weighted by Crippen LogP contribution is 2.23. The second-order valence-corrected chi connectivity index (χ2v) is 8.27. The zero-order valence-electron chi connectivity index (χ0n) is 18.9. The summed E-state index contributed by atoms with van der Waals surface area (Å²) in [6.45, 7) is 6.73. The molecule has 0 spiro atoms. The van der Waals surface area contributed by atoms with Gasteiger partial charge in [0.05, 0.1) is 6.61 Å². The number of hydrazine groups is 1. The summed E-state index contributed by atoms with van der Waals surface area (Å²) in [5.74, 6) is 1.60. The molecule has 0 bridgehead atoms. The van der Waals surface area contributed by atoms with E-state index in [0.717, 1.165) is 24.6 Å². The van der Waals surface area contributed by atoms with Gasteiger partial charge in [-0.2, -0.15) is 9.97 Å². The monoisotopic (exact) mass is 432 g/mol. The fourth-order valence-corrected chi connectivity index (χ4v) is 3.82. The van der Waals surface area contributed by atoms with Crippen LogP contribution in [0.5, 0.6) is 6.01 Å². The van der Waals surface area contributed by atoms with Crippen molar-refractivity contribution in [3.63, 3.8) is 0 Å². The number of hydrogen-bond donors (Lipinski definition) is 2. The van der Waals surface area contributed by atoms with Gasteiger partial charge in [-0.25, -0.2) is 5.43 Å². The summed E-state index contributed by atoms with van der Waals surface area (Å²) >= 11 is 0. The van der Waals surface area contributed by atoms with Gasteiger partial charge in [0.15, 0.2) is 0 Å². The van der Waals surface area contributed by atoms with Crippen LogP contribution in [0.4, 0.5) is 11.6 Å². The maximum atomic E-state index is 5.93. The molecule has 1 aliphatic rings. The minimum Gasteiger partial charge on any atom is -0.463 e. The zero-order valence-corrected chi connectivity index (χ0v) is 18.9. The lowest BCUT2D eigenvalue weighted by molar-refractivity contribution is 0.295. The van der Waals surface area contributed by atoms with Crippen LogP contribution >= 0.6 is 0 Å². The molecular weight excluding hydrogens is 400 g/mol. The number of piperidine rings is 1. The maximum Gasteiger partial charge on any atom is 0.320 e. The van der Waals surface area contributed by atoms with Crippen LogP contribution < -0.4 is 20.5 Å². The number of nitrogens with one attached hydrogen (secondary N) is 2. The second-order valence-electron chi connectivity index (χ2n) is 8.27. The van der Waals surface area contributed by atoms with Crippen LogP contribution in [0.15, 0.2) is 54.7 Å². The number of ether oxygens (including phenoxy) is 1. The molecular formula is C25H32N6O. The van der Waals surface area contributed by atoms with Crippen LogP contribution in [0.1, 0.15) is 49.0 Å². The molecule has 1 aliphatic heterocycles. The van der Waals surface area contributed by atoms with E-state index in [0.29, 0.717) is 24.9 Å². The number of anilines is 2. The Bertz CT molecular complexity index is 991. The molecule has 3 aromatic rings. The van der Waals surface area contributed by atoms with Crippen LogP contribution in [-0.2, 0) is 6.42 Å². The van der Waals surface area contributed by atoms with Crippen LogP contribution in [0.2, 0.25) is 0 Å². The summed E-state index contributed by atoms with van der Waals surface area (Å²) in [6, 6.07) is 16.9. The average Bonchev–Trinajstić information content (AvgIpc) is 2.84. The minimum absolute atomic E-state index is 0.122. The second kappa shape index (κ2) is 10.9. The third-order valence-corrected chi connectivity index (χ3v) is 5.65. The molecule has 7 nitrogen and oxygen atoms in total. The first-order valence-electron chi connectivity index (χ1n) is 11.4. The lowest BCUT2D eigenvalue weighted by atomic mass is 10.1. The summed E-state index contributed by atoms with van der Waals surface area (Å²) in [6.07, 6.45) is 6.15. The first kappa shape index (κ1) is 22.0. The van der Waals surface area contributed by atoms with E-state index in [9.17, 15) is 0 Å². The van der Waals surface area contributed by atoms with E-state index in [4.69, 9.17) is 4.74 Å². The molecule has 1 fully saturated rings. The van der Waals surface area contributed by atoms with E-state index >= 15 is 0 Å². The molecule has 1 saturated heterocycles. The van der Waals surface area contributed by atoms with Gasteiger partial charge in [-0.05, 0) is 50.8 Å². The van der Waals surface area contributed by atoms with Crippen molar-refractivity contribution in [2.45, 2.75) is 45.6 Å². The summed E-state index contributed by atoms with van der Waals surface area (Å²) in [5.41, 5.74) is 10.1. The molecule has 4 rings (SSSR count). The number of nitrogens with zero attached hydrogens (tertiary/aromatic N) is 4. The van der Waals surface area contributed by atoms with E-state index in [-0.39, 0.29) is 6.04 Å². The molecule has 1 atom stereocenters. The summed E-state index contributed by atoms with van der Waals surface area (Å²) in [7, 11) is 0. The van der Waals surface area contributed by atoms with Crippen LogP contribution in [0, 0.1) is 6.92 Å². The predicted octanol–water partition coefficient (Wildman–Crippen LogP) is 4.47. The fraction of sp³-hybridized carbons (Fsp3) is 0.400. The minimum atomic E-state index is 0.122. The van der Waals surface area contributed by atoms with Gasteiger partial charge in [0, 0.05) is 43.5 Å². The first-order chi connectivity index (χ1) is 15.7. The first-order valence-corrected chi connectivity index (χ1v) is 11.4. The molecule has 0 saturated carbocycles. The van der Waals surface area contributed by atoms with Gasteiger partial charge in [-0.15, -0.1) is 0 Å². The molecule has 0 radical (unpaired) electrons. The van der Waals surface area contributed by atoms with E-state index in [1.54, 1.807) is 6.20 Å². The Balaban J connectivity index is 1.45. The lowest BCUT2D eigenvalue weighted by Gasteiger charge is -2.28. The van der Waals surface area contributed by atoms with Crippen molar-refractivity contribution in [2.75, 3.05) is 30.0 Å². The van der Waals surface area contributed by atoms with Gasteiger partial charge in [0.1, 0.15) is 11.6 Å². The Morgan fingerprint density at radius 3 is 2.69 bits per heavy atom. The van der Waals surface area contributed by atoms with E-state index in [1.165, 1.54) is 30.4 Å². The standard InChI is InChI=1S/C25H32N6O/c1-19-9-8-10-21(17-19)20(2)29-30-23-18-24(31-14-6-3-7-15-31)28-25(27-23)32-16-12-22-11-4-5-13-26-22/h4-5,8-11,13,17-18,20,29H,3,6-7,12,14-16H2,1-2H3,(H,27,28,30). The van der Waals surface area contributed by atoms with Crippen molar-refractivity contribution in [3.05, 3.63) is 71.5 Å². The van der Waals surface area contributed by atoms with Crippen molar-refractivity contribution in [3.8, 4) is 6.01 Å². The van der Waals surface area contributed by atoms with Gasteiger partial charge in [0.2, 0.25) is 0 Å². The molecule has 0 amide bonds. The quantitative estimate of drug-likeness (QED) is 0.483. The number of aromatic nitrogens is 3. The van der Waals surface area contributed by atoms with Gasteiger partial charge >= 0.3 is 6.01 Å². The van der Waals surface area contributed by atoms with Gasteiger partial charge in [-0.3, -0.25) is 4.98 Å². The van der Waals surface area contributed by atoms with Crippen molar-refractivity contribution in [1.82, 2.24) is 20.4 Å². The highest BCUT2D eigenvalue weighted by molar-refractivity contribution is 5.50. The van der Waals surface area contributed by atoms with E-state index in [2.05, 4.69) is 68.8 Å². The molecule has 2 aromatic heterocycles. The van der Waals surface area contributed by atoms with Crippen LogP contribution in [-0.4, -0.2) is 34.6 Å². The van der Waals surface area contributed by atoms with Crippen LogP contribution in [0.3, 0.4) is 0 Å². The summed E-state index contributed by atoms with van der Waals surface area (Å²) in [5, 5.41) is 0. The molecule has 7 heteroatoms. The number of benzene rings is 1. The topological polar surface area (TPSA) is 75.2 Å². The highest BCUT2D eigenvalue weighted by atomic mass is 16.5. The molecule has 0 aliphatic carbocycles. The Kier molecular flexibility index (Phi) is 7.51. The van der Waals surface area contributed by atoms with Crippen molar-refractivity contribution in [2.24, 2.45) is 0 Å². The smallest absolute Gasteiger partial charge is 0.320 e. The van der Waals surface area contributed by atoms with Gasteiger partial charge < -0.3 is 15.1 Å². The molecule has 32 heavy (non-hydrogen) atoms. The fourth-order valence-electron chi connectivity index (χ4n) is 3.82. The zero-order chi connectivity index (χ0) is 22.2. The van der Waals surface area contributed by atoms with Crippen molar-refractivity contribution >= 4 is 11.6 Å². The number of rotatable bonds is 9. The average molecular weight is 433 g/mol. The van der Waals surface area contributed by atoms with E-state index < -0.39 is 0 Å². The predicted molar refractivity (Wildman–Crippen MR) is 128 cm³/mol. The van der Waals surface area contributed by atoms with Crippen molar-refractivity contribution < 1.29 is 4.74 Å². The van der Waals surface area contributed by atoms with E-state index in [1.807, 2.05) is 24.3 Å². The normalized spacial score (nSPS) is 14.8. The molecule has 1 unspecified atom stereocenters. The summed E-state index contributed by atoms with van der Waals surface area (Å²) < 4.78 is 5.93. The Hall–Kier alpha value is -3.19. The lowest BCUT2D eigenvalue weighted by Crippen LogP contribution is -2.31. The van der Waals surface area contributed by atoms with Crippen molar-refractivity contribution in [1.29, 1.82) is 0 Å².